The summed E-state index contributed by atoms with van der Waals surface area (Å²) >= 11 is 0. The highest BCUT2D eigenvalue weighted by Gasteiger charge is 2.29. The molecule has 2 aliphatic rings. The molecule has 194 valence electrons. The minimum Gasteiger partial charge on any atom is -0.444 e. The van der Waals surface area contributed by atoms with Crippen LogP contribution in [0, 0.1) is 11.8 Å². The van der Waals surface area contributed by atoms with Gasteiger partial charge in [0, 0.05) is 18.0 Å². The Bertz CT molecular complexity index is 1060. The van der Waals surface area contributed by atoms with Crippen molar-refractivity contribution in [3.63, 3.8) is 0 Å². The lowest BCUT2D eigenvalue weighted by Crippen LogP contribution is -2.39. The molecule has 1 atom stereocenters. The monoisotopic (exact) mass is 492 g/mol. The van der Waals surface area contributed by atoms with E-state index in [2.05, 4.69) is 57.0 Å². The third-order valence-electron chi connectivity index (χ3n) is 7.06. The number of imidazole rings is 1. The van der Waals surface area contributed by atoms with Crippen LogP contribution < -0.4 is 10.6 Å². The number of ether oxygens (including phenoxy) is 1. The van der Waals surface area contributed by atoms with Gasteiger partial charge in [-0.3, -0.25) is 4.79 Å². The highest BCUT2D eigenvalue weighted by molar-refractivity contribution is 5.79. The van der Waals surface area contributed by atoms with Crippen molar-refractivity contribution in [2.45, 2.75) is 83.8 Å². The van der Waals surface area contributed by atoms with Gasteiger partial charge in [0.25, 0.3) is 0 Å². The molecule has 2 heterocycles. The summed E-state index contributed by atoms with van der Waals surface area (Å²) in [5.41, 5.74) is 3.01. The summed E-state index contributed by atoms with van der Waals surface area (Å²) in [6.07, 6.45) is 13.2. The number of H-pyrrole nitrogens is 1. The lowest BCUT2D eigenvalue weighted by molar-refractivity contribution is -0.127. The molecule has 1 fully saturated rings. The molecule has 7 heteroatoms. The topological polar surface area (TPSA) is 96.1 Å². The van der Waals surface area contributed by atoms with Crippen molar-refractivity contribution in [2.24, 2.45) is 11.8 Å². The number of aryl methyl sites for hydroxylation is 1. The fraction of sp³-hybridized carbons (Fsp3) is 0.552. The van der Waals surface area contributed by atoms with Crippen molar-refractivity contribution in [1.29, 1.82) is 0 Å². The number of amides is 2. The van der Waals surface area contributed by atoms with Crippen molar-refractivity contribution < 1.29 is 14.3 Å². The molecule has 36 heavy (non-hydrogen) atoms. The molecular formula is C29H40N4O3. The number of aromatic amines is 1. The summed E-state index contributed by atoms with van der Waals surface area (Å²) in [4.78, 5) is 33.3. The number of allylic oxidation sites excluding steroid dienone is 1. The standard InChI is InChI=1S/C29H40N4O3/c1-29(2,3)36-28(35)31-18-20-14-16-22(17-15-20)27(34)33-24-13-7-5-4-6-10-21-11-8-9-12-23(21)25-19-30-26(24)32-25/h5,7-9,11-12,19-20,22,24H,4,6,10,13-18H2,1-3H3,(H,30,32)(H,31,35)(H,33,34)/b7-5-/t20?,22?,24-/m0/s1. The van der Waals surface area contributed by atoms with E-state index in [1.54, 1.807) is 0 Å². The summed E-state index contributed by atoms with van der Waals surface area (Å²) in [7, 11) is 0. The number of fused-ring (bicyclic) bond motifs is 4. The number of carbonyl (C=O) groups is 2. The fourth-order valence-electron chi connectivity index (χ4n) is 5.11. The average Bonchev–Trinajstić information content (AvgIpc) is 3.33. The first-order valence-corrected chi connectivity index (χ1v) is 13.3. The zero-order chi connectivity index (χ0) is 25.5. The van der Waals surface area contributed by atoms with Gasteiger partial charge in [-0.15, -0.1) is 0 Å². The fourth-order valence-corrected chi connectivity index (χ4v) is 5.11. The number of carbonyl (C=O) groups excluding carboxylic acids is 2. The Hall–Kier alpha value is -3.09. The Labute approximate surface area is 214 Å². The van der Waals surface area contributed by atoms with E-state index in [1.165, 1.54) is 11.1 Å². The SMILES string of the molecule is CC(C)(C)OC(=O)NCC1CCC(C(=O)N[C@H]2C/C=C\CCCc3ccccc3-c3cnc2[nH]3)CC1. The van der Waals surface area contributed by atoms with Crippen LogP contribution in [-0.2, 0) is 16.0 Å². The molecule has 7 nitrogen and oxygen atoms in total. The van der Waals surface area contributed by atoms with Crippen LogP contribution in [0.3, 0.4) is 0 Å². The quantitative estimate of drug-likeness (QED) is 0.467. The molecule has 1 aliphatic carbocycles. The number of hydrogen-bond acceptors (Lipinski definition) is 4. The van der Waals surface area contributed by atoms with Gasteiger partial charge in [-0.1, -0.05) is 36.4 Å². The van der Waals surface area contributed by atoms with Crippen molar-refractivity contribution in [3.8, 4) is 11.3 Å². The molecule has 0 radical (unpaired) electrons. The van der Waals surface area contributed by atoms with E-state index in [1.807, 2.05) is 27.0 Å². The molecule has 0 spiro atoms. The Morgan fingerprint density at radius 3 is 2.67 bits per heavy atom. The number of rotatable bonds is 4. The molecule has 0 saturated heterocycles. The number of aromatic nitrogens is 2. The van der Waals surface area contributed by atoms with Crippen molar-refractivity contribution >= 4 is 12.0 Å². The highest BCUT2D eigenvalue weighted by Crippen LogP contribution is 2.30. The maximum atomic E-state index is 13.2. The van der Waals surface area contributed by atoms with E-state index < -0.39 is 5.60 Å². The second kappa shape index (κ2) is 11.8. The first-order valence-electron chi connectivity index (χ1n) is 13.3. The minimum atomic E-state index is -0.499. The third-order valence-corrected chi connectivity index (χ3v) is 7.06. The normalized spacial score (nSPS) is 23.4. The van der Waals surface area contributed by atoms with Crippen LogP contribution in [0.15, 0.2) is 42.6 Å². The average molecular weight is 493 g/mol. The largest absolute Gasteiger partial charge is 0.444 e. The number of alkyl carbamates (subject to hydrolysis) is 1. The zero-order valence-electron chi connectivity index (χ0n) is 21.8. The van der Waals surface area contributed by atoms with E-state index in [0.717, 1.165) is 62.9 Å². The second-order valence-corrected chi connectivity index (χ2v) is 11.1. The van der Waals surface area contributed by atoms with Crippen LogP contribution >= 0.6 is 0 Å². The lowest BCUT2D eigenvalue weighted by atomic mass is 9.81. The number of benzene rings is 1. The summed E-state index contributed by atoms with van der Waals surface area (Å²) in [6, 6.07) is 8.29. The maximum absolute atomic E-state index is 13.2. The van der Waals surface area contributed by atoms with Crippen LogP contribution in [0.5, 0.6) is 0 Å². The summed E-state index contributed by atoms with van der Waals surface area (Å²) in [5, 5.41) is 6.15. The van der Waals surface area contributed by atoms with Crippen LogP contribution in [-0.4, -0.2) is 34.1 Å². The summed E-state index contributed by atoms with van der Waals surface area (Å²) in [6.45, 7) is 6.16. The van der Waals surface area contributed by atoms with Gasteiger partial charge in [-0.2, -0.15) is 0 Å². The van der Waals surface area contributed by atoms with Gasteiger partial charge in [0.2, 0.25) is 5.91 Å². The number of hydrogen-bond donors (Lipinski definition) is 3. The van der Waals surface area contributed by atoms with E-state index in [9.17, 15) is 9.59 Å². The molecule has 3 N–H and O–H groups in total. The predicted octanol–water partition coefficient (Wildman–Crippen LogP) is 5.85. The Kier molecular flexibility index (Phi) is 8.49. The number of nitrogens with one attached hydrogen (secondary N) is 3. The molecule has 2 aromatic rings. The maximum Gasteiger partial charge on any atom is 0.407 e. The van der Waals surface area contributed by atoms with Gasteiger partial charge in [0.15, 0.2) is 0 Å². The van der Waals surface area contributed by atoms with Gasteiger partial charge >= 0.3 is 6.09 Å². The Balaban J connectivity index is 1.34. The minimum absolute atomic E-state index is 0.0108. The molecule has 1 aliphatic heterocycles. The first kappa shape index (κ1) is 26.0. The summed E-state index contributed by atoms with van der Waals surface area (Å²) < 4.78 is 5.33. The summed E-state index contributed by atoms with van der Waals surface area (Å²) in [5.74, 6) is 1.26. The van der Waals surface area contributed by atoms with E-state index in [0.29, 0.717) is 12.5 Å². The van der Waals surface area contributed by atoms with Gasteiger partial charge < -0.3 is 20.4 Å². The lowest BCUT2D eigenvalue weighted by Gasteiger charge is -2.29. The van der Waals surface area contributed by atoms with Crippen LogP contribution in [0.25, 0.3) is 11.3 Å². The van der Waals surface area contributed by atoms with E-state index in [4.69, 9.17) is 4.74 Å². The van der Waals surface area contributed by atoms with Gasteiger partial charge in [-0.05, 0) is 83.6 Å². The molecular weight excluding hydrogens is 452 g/mol. The molecule has 2 amide bonds. The molecule has 1 aromatic heterocycles. The predicted molar refractivity (Wildman–Crippen MR) is 141 cm³/mol. The second-order valence-electron chi connectivity index (χ2n) is 11.1. The Morgan fingerprint density at radius 1 is 1.11 bits per heavy atom. The van der Waals surface area contributed by atoms with Crippen LogP contribution in [0.4, 0.5) is 4.79 Å². The molecule has 4 rings (SSSR count). The van der Waals surface area contributed by atoms with E-state index in [-0.39, 0.29) is 24.0 Å². The number of nitrogens with zero attached hydrogens (tertiary/aromatic N) is 1. The van der Waals surface area contributed by atoms with Crippen LogP contribution in [0.1, 0.15) is 83.1 Å². The van der Waals surface area contributed by atoms with Gasteiger partial charge in [-0.25, -0.2) is 9.78 Å². The molecule has 2 bridgehead atoms. The third kappa shape index (κ3) is 7.21. The van der Waals surface area contributed by atoms with Gasteiger partial charge in [0.1, 0.15) is 11.4 Å². The zero-order valence-corrected chi connectivity index (χ0v) is 21.8. The van der Waals surface area contributed by atoms with E-state index >= 15 is 0 Å². The Morgan fingerprint density at radius 2 is 1.89 bits per heavy atom. The highest BCUT2D eigenvalue weighted by atomic mass is 16.6. The molecule has 1 aromatic carbocycles. The van der Waals surface area contributed by atoms with Crippen LogP contribution in [0.2, 0.25) is 0 Å². The first-order chi connectivity index (χ1) is 17.3. The van der Waals surface area contributed by atoms with Gasteiger partial charge in [0.05, 0.1) is 17.9 Å². The molecule has 0 unspecified atom stereocenters. The van der Waals surface area contributed by atoms with Crippen molar-refractivity contribution in [3.05, 3.63) is 54.0 Å². The van der Waals surface area contributed by atoms with Crippen molar-refractivity contribution in [2.75, 3.05) is 6.54 Å². The van der Waals surface area contributed by atoms with Crippen molar-refractivity contribution in [1.82, 2.24) is 20.6 Å². The smallest absolute Gasteiger partial charge is 0.407 e. The molecule has 1 saturated carbocycles.